The maximum Gasteiger partial charge on any atom is 0.255 e. The van der Waals surface area contributed by atoms with E-state index in [-0.39, 0.29) is 11.8 Å². The molecule has 3 rings (SSSR count). The third-order valence-corrected chi connectivity index (χ3v) is 4.56. The number of nitrogens with one attached hydrogen (secondary N) is 1. The fraction of sp³-hybridized carbons (Fsp3) is 0.263. The Morgan fingerprint density at radius 3 is 2.61 bits per heavy atom. The quantitative estimate of drug-likeness (QED) is 0.946. The zero-order valence-corrected chi connectivity index (χ0v) is 13.6. The summed E-state index contributed by atoms with van der Waals surface area (Å²) < 4.78 is 0. The molecule has 4 heteroatoms. The van der Waals surface area contributed by atoms with Gasteiger partial charge in [0.05, 0.1) is 0 Å². The van der Waals surface area contributed by atoms with Gasteiger partial charge in [0.25, 0.3) is 5.91 Å². The number of nitrogens with zero attached hydrogens (tertiary/aromatic N) is 1. The van der Waals surface area contributed by atoms with Crippen LogP contribution >= 0.6 is 0 Å². The topological polar surface area (TPSA) is 49.4 Å². The van der Waals surface area contributed by atoms with Crippen LogP contribution in [-0.2, 0) is 11.3 Å². The molecule has 0 radical (unpaired) electrons. The Kier molecular flexibility index (Phi) is 3.90. The van der Waals surface area contributed by atoms with Crippen LogP contribution < -0.4 is 5.32 Å². The molecule has 1 atom stereocenters. The minimum absolute atomic E-state index is 0.0794. The zero-order valence-electron chi connectivity index (χ0n) is 13.6. The predicted molar refractivity (Wildman–Crippen MR) is 90.3 cm³/mol. The summed E-state index contributed by atoms with van der Waals surface area (Å²) in [6.07, 6.45) is 0. The second-order valence-corrected chi connectivity index (χ2v) is 6.00. The maximum absolute atomic E-state index is 12.6. The summed E-state index contributed by atoms with van der Waals surface area (Å²) in [5.74, 6) is -0.246. The number of amides is 2. The molecule has 0 saturated heterocycles. The van der Waals surface area contributed by atoms with Crippen molar-refractivity contribution in [1.82, 2.24) is 4.90 Å². The van der Waals surface area contributed by atoms with Crippen LogP contribution in [0.5, 0.6) is 0 Å². The van der Waals surface area contributed by atoms with Gasteiger partial charge in [0.2, 0.25) is 5.91 Å². The summed E-state index contributed by atoms with van der Waals surface area (Å²) in [6, 6.07) is 12.8. The molecule has 0 bridgehead atoms. The molecule has 1 aliphatic rings. The average Bonchev–Trinajstić information content (AvgIpc) is 2.88. The molecule has 0 fully saturated rings. The number of carbonyl (C=O) groups is 2. The second kappa shape index (κ2) is 5.88. The average molecular weight is 308 g/mol. The van der Waals surface area contributed by atoms with E-state index in [2.05, 4.69) is 5.32 Å². The maximum atomic E-state index is 12.6. The summed E-state index contributed by atoms with van der Waals surface area (Å²) in [5, 5.41) is 2.94. The number of hydrogen-bond donors (Lipinski definition) is 1. The summed E-state index contributed by atoms with van der Waals surface area (Å²) >= 11 is 0. The first-order valence-corrected chi connectivity index (χ1v) is 7.75. The van der Waals surface area contributed by atoms with Crippen molar-refractivity contribution in [2.75, 3.05) is 5.32 Å². The highest BCUT2D eigenvalue weighted by molar-refractivity contribution is 6.03. The third-order valence-electron chi connectivity index (χ3n) is 4.56. The number of fused-ring (bicyclic) bond motifs is 1. The molecule has 1 aliphatic heterocycles. The van der Waals surface area contributed by atoms with Gasteiger partial charge in [-0.1, -0.05) is 30.3 Å². The standard InChI is InChI=1S/C19H20N2O2/c1-12-7-6-10-17(13(12)2)20-18(22)14(3)21-11-15-8-4-5-9-16(15)19(21)23/h4-10,14H,11H2,1-3H3,(H,20,22)/t14-/m1/s1. The largest absolute Gasteiger partial charge is 0.324 e. The van der Waals surface area contributed by atoms with Gasteiger partial charge >= 0.3 is 0 Å². The molecule has 0 aliphatic carbocycles. The molecular weight excluding hydrogens is 288 g/mol. The number of anilines is 1. The normalized spacial score (nSPS) is 14.6. The fourth-order valence-electron chi connectivity index (χ4n) is 2.85. The molecule has 2 amide bonds. The fourth-order valence-corrected chi connectivity index (χ4v) is 2.85. The van der Waals surface area contributed by atoms with E-state index in [0.717, 1.165) is 22.4 Å². The Labute approximate surface area is 136 Å². The lowest BCUT2D eigenvalue weighted by Crippen LogP contribution is -2.42. The van der Waals surface area contributed by atoms with Crippen LogP contribution in [0.2, 0.25) is 0 Å². The van der Waals surface area contributed by atoms with E-state index in [4.69, 9.17) is 0 Å². The first kappa shape index (κ1) is 15.3. The molecule has 0 unspecified atom stereocenters. The highest BCUT2D eigenvalue weighted by Gasteiger charge is 2.33. The van der Waals surface area contributed by atoms with Crippen molar-refractivity contribution < 1.29 is 9.59 Å². The van der Waals surface area contributed by atoms with E-state index in [1.807, 2.05) is 56.3 Å². The molecule has 118 valence electrons. The van der Waals surface area contributed by atoms with Gasteiger partial charge in [-0.2, -0.15) is 0 Å². The minimum atomic E-state index is -0.519. The number of hydrogen-bond acceptors (Lipinski definition) is 2. The number of benzene rings is 2. The van der Waals surface area contributed by atoms with Crippen molar-refractivity contribution in [2.24, 2.45) is 0 Å². The smallest absolute Gasteiger partial charge is 0.255 e. The van der Waals surface area contributed by atoms with Gasteiger partial charge in [-0.15, -0.1) is 0 Å². The summed E-state index contributed by atoms with van der Waals surface area (Å²) in [7, 11) is 0. The molecule has 2 aromatic rings. The Morgan fingerprint density at radius 1 is 1.13 bits per heavy atom. The lowest BCUT2D eigenvalue weighted by Gasteiger charge is -2.24. The Balaban J connectivity index is 1.76. The molecule has 2 aromatic carbocycles. The van der Waals surface area contributed by atoms with Crippen molar-refractivity contribution in [3.8, 4) is 0 Å². The summed E-state index contributed by atoms with van der Waals surface area (Å²) in [6.45, 7) is 6.24. The van der Waals surface area contributed by atoms with Gasteiger partial charge in [-0.3, -0.25) is 9.59 Å². The van der Waals surface area contributed by atoms with Crippen LogP contribution in [-0.4, -0.2) is 22.8 Å². The van der Waals surface area contributed by atoms with Crippen LogP contribution in [0.15, 0.2) is 42.5 Å². The zero-order chi connectivity index (χ0) is 16.6. The van der Waals surface area contributed by atoms with Crippen LogP contribution in [0.4, 0.5) is 5.69 Å². The Morgan fingerprint density at radius 2 is 1.87 bits per heavy atom. The van der Waals surface area contributed by atoms with Crippen LogP contribution in [0.3, 0.4) is 0 Å². The first-order valence-electron chi connectivity index (χ1n) is 7.75. The van der Waals surface area contributed by atoms with Gasteiger partial charge in [-0.25, -0.2) is 0 Å². The number of rotatable bonds is 3. The van der Waals surface area contributed by atoms with Crippen molar-refractivity contribution in [2.45, 2.75) is 33.4 Å². The van der Waals surface area contributed by atoms with E-state index in [0.29, 0.717) is 12.1 Å². The van der Waals surface area contributed by atoms with Gasteiger partial charge in [0.15, 0.2) is 0 Å². The van der Waals surface area contributed by atoms with E-state index in [1.54, 1.807) is 11.8 Å². The second-order valence-electron chi connectivity index (χ2n) is 6.00. The Hall–Kier alpha value is -2.62. The van der Waals surface area contributed by atoms with Gasteiger partial charge in [-0.05, 0) is 49.6 Å². The SMILES string of the molecule is Cc1cccc(NC(=O)[C@@H](C)N2Cc3ccccc3C2=O)c1C. The van der Waals surface area contributed by atoms with E-state index in [9.17, 15) is 9.59 Å². The number of aryl methyl sites for hydroxylation is 1. The van der Waals surface area contributed by atoms with E-state index >= 15 is 0 Å². The predicted octanol–water partition coefficient (Wildman–Crippen LogP) is 3.29. The van der Waals surface area contributed by atoms with Crippen LogP contribution in [0, 0.1) is 13.8 Å². The molecule has 4 nitrogen and oxygen atoms in total. The van der Waals surface area contributed by atoms with Crippen molar-refractivity contribution >= 4 is 17.5 Å². The molecule has 1 heterocycles. The van der Waals surface area contributed by atoms with Crippen molar-refractivity contribution in [1.29, 1.82) is 0 Å². The highest BCUT2D eigenvalue weighted by Crippen LogP contribution is 2.25. The monoisotopic (exact) mass is 308 g/mol. The lowest BCUT2D eigenvalue weighted by atomic mass is 10.1. The molecular formula is C19H20N2O2. The molecule has 0 aromatic heterocycles. The van der Waals surface area contributed by atoms with Gasteiger partial charge in [0.1, 0.15) is 6.04 Å². The van der Waals surface area contributed by atoms with Crippen molar-refractivity contribution in [3.63, 3.8) is 0 Å². The lowest BCUT2D eigenvalue weighted by molar-refractivity contribution is -0.120. The van der Waals surface area contributed by atoms with Crippen LogP contribution in [0.1, 0.15) is 34.0 Å². The molecule has 23 heavy (non-hydrogen) atoms. The first-order chi connectivity index (χ1) is 11.0. The van der Waals surface area contributed by atoms with Gasteiger partial charge in [0, 0.05) is 17.8 Å². The molecule has 0 spiro atoms. The number of carbonyl (C=O) groups excluding carboxylic acids is 2. The van der Waals surface area contributed by atoms with Crippen molar-refractivity contribution in [3.05, 3.63) is 64.7 Å². The molecule has 1 N–H and O–H groups in total. The molecule has 0 saturated carbocycles. The van der Waals surface area contributed by atoms with Crippen LogP contribution in [0.25, 0.3) is 0 Å². The third kappa shape index (κ3) is 2.72. The van der Waals surface area contributed by atoms with E-state index < -0.39 is 6.04 Å². The van der Waals surface area contributed by atoms with Gasteiger partial charge < -0.3 is 10.2 Å². The van der Waals surface area contributed by atoms with E-state index in [1.165, 1.54) is 0 Å². The summed E-state index contributed by atoms with van der Waals surface area (Å²) in [5.41, 5.74) is 4.64. The summed E-state index contributed by atoms with van der Waals surface area (Å²) in [4.78, 5) is 26.6. The minimum Gasteiger partial charge on any atom is -0.324 e. The Bertz CT molecular complexity index is 783. The highest BCUT2D eigenvalue weighted by atomic mass is 16.2.